The fourth-order valence-electron chi connectivity index (χ4n) is 2.46. The number of hydrogen-bond donors (Lipinski definition) is 0. The van der Waals surface area contributed by atoms with E-state index in [1.807, 2.05) is 0 Å². The third-order valence-electron chi connectivity index (χ3n) is 3.89. The van der Waals surface area contributed by atoms with Gasteiger partial charge in [-0.1, -0.05) is 0 Å². The van der Waals surface area contributed by atoms with Crippen molar-refractivity contribution >= 4 is 11.6 Å². The second kappa shape index (κ2) is 8.31. The minimum atomic E-state index is -0.544. The van der Waals surface area contributed by atoms with E-state index in [9.17, 15) is 9.59 Å². The third-order valence-corrected chi connectivity index (χ3v) is 3.89. The van der Waals surface area contributed by atoms with Crippen LogP contribution in [0.5, 0.6) is 11.5 Å². The maximum atomic E-state index is 13.0. The smallest absolute Gasteiger partial charge is 0.330 e. The molecule has 0 unspecified atom stereocenters. The number of ether oxygens (including phenoxy) is 2. The first-order valence-corrected chi connectivity index (χ1v) is 8.10. The molecule has 9 heteroatoms. The summed E-state index contributed by atoms with van der Waals surface area (Å²) in [6.45, 7) is 0. The Labute approximate surface area is 159 Å². The molecule has 0 aliphatic carbocycles. The molecule has 0 atom stereocenters. The molecule has 2 aromatic carbocycles. The van der Waals surface area contributed by atoms with E-state index < -0.39 is 11.6 Å². The van der Waals surface area contributed by atoms with Gasteiger partial charge >= 0.3 is 11.4 Å². The second-order valence-electron chi connectivity index (χ2n) is 5.48. The van der Waals surface area contributed by atoms with Gasteiger partial charge in [0.2, 0.25) is 11.6 Å². The summed E-state index contributed by atoms with van der Waals surface area (Å²) in [5.41, 5.74) is 0.138. The number of ketones is 2. The predicted molar refractivity (Wildman–Crippen MR) is 93.1 cm³/mol. The molecule has 0 saturated carbocycles. The van der Waals surface area contributed by atoms with Gasteiger partial charge in [0.05, 0.1) is 21.3 Å². The Kier molecular flexibility index (Phi) is 5.66. The molecule has 3 aromatic rings. The molecular weight excluding hydrogens is 368 g/mol. The summed E-state index contributed by atoms with van der Waals surface area (Å²) in [6.07, 6.45) is 0. The van der Waals surface area contributed by atoms with E-state index in [0.717, 1.165) is 0 Å². The maximum Gasteiger partial charge on any atom is 0.330 e. The van der Waals surface area contributed by atoms with Gasteiger partial charge in [0.25, 0.3) is 0 Å². The first-order chi connectivity index (χ1) is 13.6. The van der Waals surface area contributed by atoms with Crippen molar-refractivity contribution in [2.75, 3.05) is 21.3 Å². The van der Waals surface area contributed by atoms with Gasteiger partial charge in [-0.15, -0.1) is 9.88 Å². The molecular formula is C19H17N2O7+. The van der Waals surface area contributed by atoms with Crippen LogP contribution in [0, 0.1) is 0 Å². The van der Waals surface area contributed by atoms with E-state index in [1.54, 1.807) is 48.5 Å². The maximum absolute atomic E-state index is 13.0. The van der Waals surface area contributed by atoms with Crippen LogP contribution in [-0.4, -0.2) is 38.1 Å². The molecule has 0 spiro atoms. The molecule has 144 valence electrons. The summed E-state index contributed by atoms with van der Waals surface area (Å²) in [5.74, 6) is 0.0981. The Bertz CT molecular complexity index is 979. The van der Waals surface area contributed by atoms with Crippen LogP contribution >= 0.6 is 0 Å². The topological polar surface area (TPSA) is 101 Å². The van der Waals surface area contributed by atoms with Crippen molar-refractivity contribution in [1.29, 1.82) is 0 Å². The summed E-state index contributed by atoms with van der Waals surface area (Å²) in [7, 11) is 4.26. The number of hydrogen-bond acceptors (Lipinski definition) is 8. The first kappa shape index (κ1) is 19.1. The van der Waals surface area contributed by atoms with E-state index in [2.05, 4.69) is 10.0 Å². The Morgan fingerprint density at radius 1 is 0.821 bits per heavy atom. The molecule has 0 N–H and O–H groups in total. The van der Waals surface area contributed by atoms with Gasteiger partial charge < -0.3 is 9.47 Å². The van der Waals surface area contributed by atoms with E-state index in [1.165, 1.54) is 21.3 Å². The fraction of sp³-hybridized carbons (Fsp3) is 0.158. The summed E-state index contributed by atoms with van der Waals surface area (Å²) >= 11 is 0. The Morgan fingerprint density at radius 3 is 1.79 bits per heavy atom. The van der Waals surface area contributed by atoms with Crippen molar-refractivity contribution in [1.82, 2.24) is 5.16 Å². The fourth-order valence-corrected chi connectivity index (χ4v) is 2.46. The Balaban J connectivity index is 2.01. The first-order valence-electron chi connectivity index (χ1n) is 8.10. The molecule has 0 saturated heterocycles. The van der Waals surface area contributed by atoms with Crippen LogP contribution in [0.2, 0.25) is 0 Å². The van der Waals surface area contributed by atoms with E-state index in [4.69, 9.17) is 19.1 Å². The average molecular weight is 385 g/mol. The molecule has 0 amide bonds. The van der Waals surface area contributed by atoms with E-state index in [-0.39, 0.29) is 17.0 Å². The number of rotatable bonds is 8. The van der Waals surface area contributed by atoms with Gasteiger partial charge in [0.15, 0.2) is 10.1 Å². The molecule has 0 aliphatic rings. The summed E-state index contributed by atoms with van der Waals surface area (Å²) in [6, 6.07) is 12.7. The highest BCUT2D eigenvalue weighted by Crippen LogP contribution is 2.18. The lowest BCUT2D eigenvalue weighted by atomic mass is 10.0. The quantitative estimate of drug-likeness (QED) is 0.326. The van der Waals surface area contributed by atoms with Crippen LogP contribution < -0.4 is 19.4 Å². The molecule has 3 rings (SSSR count). The molecule has 9 nitrogen and oxygen atoms in total. The van der Waals surface area contributed by atoms with Crippen molar-refractivity contribution in [3.8, 4) is 11.5 Å². The Hall–Kier alpha value is -3.72. The normalized spacial score (nSPS) is 10.4. The summed E-state index contributed by atoms with van der Waals surface area (Å²) in [4.78, 5) is 35.9. The Morgan fingerprint density at radius 2 is 1.32 bits per heavy atom. The van der Waals surface area contributed by atoms with Crippen LogP contribution in [0.4, 0.5) is 0 Å². The van der Waals surface area contributed by atoms with Gasteiger partial charge in [-0.3, -0.25) is 9.59 Å². The summed E-state index contributed by atoms with van der Waals surface area (Å²) < 4.78 is 15.1. The zero-order chi connectivity index (χ0) is 20.1. The standard InChI is InChI=1S/C19H17N2O7/c1-24-14-8-4-12(5-9-14)18(22)16-17(21(27-20-16)28-26-3)19(23)13-6-10-15(25-2)11-7-13/h4-11H,1-3H3/q+1. The second-order valence-corrected chi connectivity index (χ2v) is 5.48. The van der Waals surface area contributed by atoms with Crippen molar-refractivity contribution in [3.05, 3.63) is 71.0 Å². The molecule has 28 heavy (non-hydrogen) atoms. The van der Waals surface area contributed by atoms with Crippen molar-refractivity contribution in [2.45, 2.75) is 0 Å². The number of benzene rings is 2. The lowest BCUT2D eigenvalue weighted by molar-refractivity contribution is -1.07. The number of aromatic nitrogens is 2. The molecule has 0 bridgehead atoms. The lowest BCUT2D eigenvalue weighted by Gasteiger charge is -2.02. The number of carbonyl (C=O) groups excluding carboxylic acids is 2. The van der Waals surface area contributed by atoms with Gasteiger partial charge in [-0.25, -0.2) is 0 Å². The number of carbonyl (C=O) groups is 2. The monoisotopic (exact) mass is 385 g/mol. The highest BCUT2D eigenvalue weighted by atomic mass is 17.3. The molecule has 0 aliphatic heterocycles. The predicted octanol–water partition coefficient (Wildman–Crippen LogP) is 1.43. The minimum Gasteiger partial charge on any atom is -0.497 e. The highest BCUT2D eigenvalue weighted by molar-refractivity contribution is 6.16. The number of nitrogens with zero attached hydrogens (tertiary/aromatic N) is 2. The molecule has 1 aromatic heterocycles. The van der Waals surface area contributed by atoms with Crippen LogP contribution in [0.25, 0.3) is 0 Å². The zero-order valence-corrected chi connectivity index (χ0v) is 15.4. The average Bonchev–Trinajstić information content (AvgIpc) is 3.16. The SMILES string of the molecule is COO[n+]1onc(C(=O)c2ccc(OC)cc2)c1C(=O)c1ccc(OC)cc1. The van der Waals surface area contributed by atoms with Gasteiger partial charge in [-0.05, 0) is 53.2 Å². The minimum absolute atomic E-state index is 0.215. The third kappa shape index (κ3) is 3.69. The van der Waals surface area contributed by atoms with Crippen molar-refractivity contribution in [3.63, 3.8) is 0 Å². The van der Waals surface area contributed by atoms with Crippen LogP contribution in [-0.2, 0) is 4.89 Å². The molecule has 1 heterocycles. The van der Waals surface area contributed by atoms with E-state index >= 15 is 0 Å². The van der Waals surface area contributed by atoms with Crippen LogP contribution in [0.3, 0.4) is 0 Å². The lowest BCUT2D eigenvalue weighted by Crippen LogP contribution is -2.46. The molecule has 0 fully saturated rings. The van der Waals surface area contributed by atoms with Crippen molar-refractivity contribution in [2.24, 2.45) is 0 Å². The van der Waals surface area contributed by atoms with Crippen molar-refractivity contribution < 1.29 is 38.5 Å². The van der Waals surface area contributed by atoms with Gasteiger partial charge in [0, 0.05) is 11.1 Å². The number of methoxy groups -OCH3 is 2. The summed E-state index contributed by atoms with van der Waals surface area (Å²) in [5, 5.41) is 3.69. The van der Waals surface area contributed by atoms with Gasteiger partial charge in [-0.2, -0.15) is 0 Å². The zero-order valence-electron chi connectivity index (χ0n) is 15.4. The van der Waals surface area contributed by atoms with E-state index in [0.29, 0.717) is 22.0 Å². The van der Waals surface area contributed by atoms with Crippen LogP contribution in [0.1, 0.15) is 32.1 Å². The largest absolute Gasteiger partial charge is 0.497 e. The highest BCUT2D eigenvalue weighted by Gasteiger charge is 2.39. The molecule has 0 radical (unpaired) electrons. The van der Waals surface area contributed by atoms with Gasteiger partial charge in [0.1, 0.15) is 11.5 Å². The van der Waals surface area contributed by atoms with Crippen LogP contribution in [0.15, 0.2) is 53.2 Å².